The molecular formula is C23H21F3N4O. The standard InChI is InChI=1S/C23H21F3N4O/c24-23(25,26)17-6-4-7-18(16-17)28-21-20(10-5-11-27-21)22(31)30-14-12-29(13-15-30)19-8-2-1-3-9-19/h1-11,16H,12-15H2,(H,27,28). The number of alkyl halides is 3. The Morgan fingerprint density at radius 2 is 1.65 bits per heavy atom. The molecule has 0 radical (unpaired) electrons. The predicted octanol–water partition coefficient (Wildman–Crippen LogP) is 4.81. The van der Waals surface area contributed by atoms with Crippen molar-refractivity contribution in [2.45, 2.75) is 6.18 Å². The molecule has 1 aromatic heterocycles. The Balaban J connectivity index is 1.48. The number of carbonyl (C=O) groups is 1. The van der Waals surface area contributed by atoms with Gasteiger partial charge in [-0.1, -0.05) is 24.3 Å². The molecule has 2 heterocycles. The lowest BCUT2D eigenvalue weighted by Crippen LogP contribution is -2.48. The monoisotopic (exact) mass is 426 g/mol. The number of hydrogen-bond donors (Lipinski definition) is 1. The van der Waals surface area contributed by atoms with E-state index < -0.39 is 11.7 Å². The van der Waals surface area contributed by atoms with Gasteiger partial charge in [0.05, 0.1) is 11.1 Å². The highest BCUT2D eigenvalue weighted by molar-refractivity contribution is 5.99. The van der Waals surface area contributed by atoms with Gasteiger partial charge < -0.3 is 15.1 Å². The van der Waals surface area contributed by atoms with Crippen LogP contribution in [-0.4, -0.2) is 42.0 Å². The number of amides is 1. The van der Waals surface area contributed by atoms with Gasteiger partial charge in [0.2, 0.25) is 0 Å². The number of anilines is 3. The lowest BCUT2D eigenvalue weighted by molar-refractivity contribution is -0.137. The molecule has 5 nitrogen and oxygen atoms in total. The molecule has 2 aromatic carbocycles. The van der Waals surface area contributed by atoms with Crippen molar-refractivity contribution in [1.29, 1.82) is 0 Å². The van der Waals surface area contributed by atoms with Crippen molar-refractivity contribution in [1.82, 2.24) is 9.88 Å². The summed E-state index contributed by atoms with van der Waals surface area (Å²) in [5, 5.41) is 2.87. The third-order valence-corrected chi connectivity index (χ3v) is 5.18. The van der Waals surface area contributed by atoms with E-state index in [9.17, 15) is 18.0 Å². The number of piperazine rings is 1. The van der Waals surface area contributed by atoms with Crippen molar-refractivity contribution in [3.05, 3.63) is 84.1 Å². The van der Waals surface area contributed by atoms with Gasteiger partial charge in [-0.05, 0) is 42.5 Å². The second-order valence-electron chi connectivity index (χ2n) is 7.22. The van der Waals surface area contributed by atoms with Gasteiger partial charge in [-0.15, -0.1) is 0 Å². The van der Waals surface area contributed by atoms with Gasteiger partial charge in [-0.25, -0.2) is 4.98 Å². The summed E-state index contributed by atoms with van der Waals surface area (Å²) in [4.78, 5) is 21.3. The molecule has 0 aliphatic carbocycles. The first-order valence-corrected chi connectivity index (χ1v) is 9.90. The van der Waals surface area contributed by atoms with Crippen LogP contribution < -0.4 is 10.2 Å². The van der Waals surface area contributed by atoms with Crippen LogP contribution in [0.3, 0.4) is 0 Å². The van der Waals surface area contributed by atoms with E-state index in [1.807, 2.05) is 30.3 Å². The first-order chi connectivity index (χ1) is 14.9. The fourth-order valence-corrected chi connectivity index (χ4v) is 3.56. The Morgan fingerprint density at radius 3 is 2.35 bits per heavy atom. The molecule has 1 aliphatic heterocycles. The van der Waals surface area contributed by atoms with Gasteiger partial charge >= 0.3 is 6.18 Å². The minimum absolute atomic E-state index is 0.199. The summed E-state index contributed by atoms with van der Waals surface area (Å²) in [5.41, 5.74) is 0.894. The molecule has 0 unspecified atom stereocenters. The lowest BCUT2D eigenvalue weighted by Gasteiger charge is -2.36. The number of benzene rings is 2. The van der Waals surface area contributed by atoms with Crippen molar-refractivity contribution in [3.8, 4) is 0 Å². The van der Waals surface area contributed by atoms with Crippen LogP contribution in [0.2, 0.25) is 0 Å². The van der Waals surface area contributed by atoms with Gasteiger partial charge in [-0.3, -0.25) is 4.79 Å². The summed E-state index contributed by atoms with van der Waals surface area (Å²) in [6, 6.07) is 18.1. The normalized spacial score (nSPS) is 14.4. The lowest BCUT2D eigenvalue weighted by atomic mass is 10.1. The first kappa shape index (κ1) is 20.7. The Labute approximate surface area is 178 Å². The molecule has 8 heteroatoms. The molecule has 1 fully saturated rings. The van der Waals surface area contributed by atoms with Gasteiger partial charge in [0, 0.05) is 43.8 Å². The van der Waals surface area contributed by atoms with Crippen LogP contribution in [-0.2, 0) is 6.18 Å². The van der Waals surface area contributed by atoms with Crippen molar-refractivity contribution in [3.63, 3.8) is 0 Å². The number of nitrogens with zero attached hydrogens (tertiary/aromatic N) is 3. The van der Waals surface area contributed by atoms with E-state index in [4.69, 9.17) is 0 Å². The number of pyridine rings is 1. The molecule has 1 N–H and O–H groups in total. The largest absolute Gasteiger partial charge is 0.416 e. The molecule has 4 rings (SSSR count). The minimum atomic E-state index is -4.45. The van der Waals surface area contributed by atoms with Gasteiger partial charge in [0.15, 0.2) is 0 Å². The van der Waals surface area contributed by atoms with Crippen LogP contribution in [0, 0.1) is 0 Å². The van der Waals surface area contributed by atoms with Gasteiger partial charge in [-0.2, -0.15) is 13.2 Å². The average molecular weight is 426 g/mol. The highest BCUT2D eigenvalue weighted by Crippen LogP contribution is 2.31. The number of halogens is 3. The zero-order chi connectivity index (χ0) is 21.8. The molecule has 3 aromatic rings. The number of rotatable bonds is 4. The maximum absolute atomic E-state index is 13.1. The van der Waals surface area contributed by atoms with Crippen molar-refractivity contribution in [2.75, 3.05) is 36.4 Å². The first-order valence-electron chi connectivity index (χ1n) is 9.90. The molecule has 1 amide bonds. The smallest absolute Gasteiger partial charge is 0.368 e. The van der Waals surface area contributed by atoms with E-state index in [0.717, 1.165) is 17.8 Å². The number of para-hydroxylation sites is 1. The zero-order valence-electron chi connectivity index (χ0n) is 16.6. The summed E-state index contributed by atoms with van der Waals surface area (Å²) in [7, 11) is 0. The van der Waals surface area contributed by atoms with Gasteiger partial charge in [0.1, 0.15) is 5.82 Å². The van der Waals surface area contributed by atoms with Crippen LogP contribution in [0.1, 0.15) is 15.9 Å². The summed E-state index contributed by atoms with van der Waals surface area (Å²) in [6.45, 7) is 2.50. The van der Waals surface area contributed by atoms with Crippen LogP contribution in [0.25, 0.3) is 0 Å². The Hall–Kier alpha value is -3.55. The van der Waals surface area contributed by atoms with Crippen LogP contribution >= 0.6 is 0 Å². The molecule has 1 saturated heterocycles. The molecule has 1 aliphatic rings. The fraction of sp³-hybridized carbons (Fsp3) is 0.217. The number of hydrogen-bond acceptors (Lipinski definition) is 4. The van der Waals surface area contributed by atoms with Crippen LogP contribution in [0.15, 0.2) is 72.9 Å². The zero-order valence-corrected chi connectivity index (χ0v) is 16.6. The number of nitrogens with one attached hydrogen (secondary N) is 1. The second kappa shape index (κ2) is 8.67. The highest BCUT2D eigenvalue weighted by atomic mass is 19.4. The molecule has 31 heavy (non-hydrogen) atoms. The summed E-state index contributed by atoms with van der Waals surface area (Å²) >= 11 is 0. The third kappa shape index (κ3) is 4.79. The van der Waals surface area contributed by atoms with Crippen LogP contribution in [0.5, 0.6) is 0 Å². The average Bonchev–Trinajstić information content (AvgIpc) is 2.79. The van der Waals surface area contributed by atoms with Gasteiger partial charge in [0.25, 0.3) is 5.91 Å². The summed E-state index contributed by atoms with van der Waals surface area (Å²) in [6.07, 6.45) is -2.95. The molecule has 0 bridgehead atoms. The molecule has 160 valence electrons. The van der Waals surface area contributed by atoms with E-state index in [1.54, 1.807) is 17.0 Å². The maximum Gasteiger partial charge on any atom is 0.416 e. The molecule has 0 atom stereocenters. The van der Waals surface area contributed by atoms with E-state index >= 15 is 0 Å². The Bertz CT molecular complexity index is 1050. The fourth-order valence-electron chi connectivity index (χ4n) is 3.56. The van der Waals surface area contributed by atoms with E-state index in [-0.39, 0.29) is 17.4 Å². The Morgan fingerprint density at radius 1 is 0.903 bits per heavy atom. The van der Waals surface area contributed by atoms with E-state index in [1.165, 1.54) is 18.3 Å². The maximum atomic E-state index is 13.1. The Kier molecular flexibility index (Phi) is 5.79. The highest BCUT2D eigenvalue weighted by Gasteiger charge is 2.30. The third-order valence-electron chi connectivity index (χ3n) is 5.18. The summed E-state index contributed by atoms with van der Waals surface area (Å²) < 4.78 is 39.0. The second-order valence-corrected chi connectivity index (χ2v) is 7.22. The minimum Gasteiger partial charge on any atom is -0.368 e. The van der Waals surface area contributed by atoms with Crippen LogP contribution in [0.4, 0.5) is 30.4 Å². The summed E-state index contributed by atoms with van der Waals surface area (Å²) in [5.74, 6) is 0.0348. The molecular weight excluding hydrogens is 405 g/mol. The topological polar surface area (TPSA) is 48.5 Å². The quantitative estimate of drug-likeness (QED) is 0.651. The molecule has 0 spiro atoms. The predicted molar refractivity (Wildman–Crippen MR) is 114 cm³/mol. The SMILES string of the molecule is O=C(c1cccnc1Nc1cccc(C(F)(F)F)c1)N1CCN(c2ccccc2)CC1. The van der Waals surface area contributed by atoms with Crippen molar-refractivity contribution in [2.24, 2.45) is 0 Å². The van der Waals surface area contributed by atoms with Crippen molar-refractivity contribution < 1.29 is 18.0 Å². The van der Waals surface area contributed by atoms with E-state index in [2.05, 4.69) is 15.2 Å². The number of carbonyl (C=O) groups excluding carboxylic acids is 1. The molecule has 0 saturated carbocycles. The van der Waals surface area contributed by atoms with E-state index in [0.29, 0.717) is 31.7 Å². The number of aromatic nitrogens is 1. The van der Waals surface area contributed by atoms with Crippen molar-refractivity contribution >= 4 is 23.1 Å².